The Bertz CT molecular complexity index is 1290. The lowest BCUT2D eigenvalue weighted by atomic mass is 10.1. The Labute approximate surface area is 195 Å². The van der Waals surface area contributed by atoms with Crippen LogP contribution in [0.15, 0.2) is 47.3 Å². The lowest BCUT2D eigenvalue weighted by Crippen LogP contribution is -2.48. The highest BCUT2D eigenvalue weighted by Crippen LogP contribution is 2.19. The SMILES string of the molecule is O=C(c1ccc2c(=O)n(C[C@H]3CCCO3)c(=S)[nH]c2c1)N1CCN(c2ccc(F)cc2)CC1. The molecule has 1 atom stereocenters. The van der Waals surface area contributed by atoms with Crippen molar-refractivity contribution in [2.45, 2.75) is 25.5 Å². The minimum Gasteiger partial charge on any atom is -0.376 e. The van der Waals surface area contributed by atoms with Crippen molar-refractivity contribution < 1.29 is 13.9 Å². The van der Waals surface area contributed by atoms with Crippen molar-refractivity contribution in [3.05, 3.63) is 69.0 Å². The monoisotopic (exact) mass is 468 g/mol. The van der Waals surface area contributed by atoms with Gasteiger partial charge in [-0.15, -0.1) is 0 Å². The molecule has 2 saturated heterocycles. The molecule has 3 aromatic rings. The lowest BCUT2D eigenvalue weighted by Gasteiger charge is -2.36. The van der Waals surface area contributed by atoms with Crippen LogP contribution in [-0.4, -0.2) is 59.2 Å². The van der Waals surface area contributed by atoms with Crippen LogP contribution in [-0.2, 0) is 11.3 Å². The van der Waals surface area contributed by atoms with Crippen LogP contribution in [0.1, 0.15) is 23.2 Å². The molecule has 1 aromatic heterocycles. The second-order valence-electron chi connectivity index (χ2n) is 8.50. The van der Waals surface area contributed by atoms with Gasteiger partial charge in [0.05, 0.1) is 23.6 Å². The third-order valence-electron chi connectivity index (χ3n) is 6.40. The summed E-state index contributed by atoms with van der Waals surface area (Å²) in [5.41, 5.74) is 1.85. The van der Waals surface area contributed by atoms with Gasteiger partial charge in [-0.3, -0.25) is 14.2 Å². The van der Waals surface area contributed by atoms with Gasteiger partial charge in [-0.05, 0) is 67.5 Å². The van der Waals surface area contributed by atoms with Gasteiger partial charge in [0.25, 0.3) is 11.5 Å². The molecule has 5 rings (SSSR count). The predicted octanol–water partition coefficient (Wildman–Crippen LogP) is 3.34. The number of H-pyrrole nitrogens is 1. The number of rotatable bonds is 4. The van der Waals surface area contributed by atoms with E-state index >= 15 is 0 Å². The van der Waals surface area contributed by atoms with E-state index in [1.807, 2.05) is 0 Å². The fourth-order valence-electron chi connectivity index (χ4n) is 4.55. The molecule has 172 valence electrons. The molecule has 1 amide bonds. The molecule has 1 N–H and O–H groups in total. The zero-order chi connectivity index (χ0) is 22.9. The van der Waals surface area contributed by atoms with E-state index in [0.29, 0.717) is 60.6 Å². The fraction of sp³-hybridized carbons (Fsp3) is 0.375. The standard InChI is InChI=1S/C24H25FN4O3S/c25-17-4-6-18(7-5-17)27-9-11-28(12-10-27)22(30)16-3-8-20-21(14-16)26-24(33)29(23(20)31)15-19-2-1-13-32-19/h3-8,14,19H,1-2,9-13,15H2,(H,26,33)/t19-/m1/s1. The molecule has 33 heavy (non-hydrogen) atoms. The van der Waals surface area contributed by atoms with Gasteiger partial charge in [-0.1, -0.05) is 0 Å². The molecule has 0 unspecified atom stereocenters. The number of nitrogens with one attached hydrogen (secondary N) is 1. The molecule has 0 aliphatic carbocycles. The van der Waals surface area contributed by atoms with Crippen LogP contribution >= 0.6 is 12.2 Å². The van der Waals surface area contributed by atoms with Crippen molar-refractivity contribution in [3.8, 4) is 0 Å². The highest BCUT2D eigenvalue weighted by molar-refractivity contribution is 7.71. The van der Waals surface area contributed by atoms with E-state index in [0.717, 1.165) is 18.5 Å². The van der Waals surface area contributed by atoms with Crippen LogP contribution in [0.25, 0.3) is 10.9 Å². The summed E-state index contributed by atoms with van der Waals surface area (Å²) in [7, 11) is 0. The maximum Gasteiger partial charge on any atom is 0.262 e. The Morgan fingerprint density at radius 1 is 1.12 bits per heavy atom. The number of amides is 1. The second kappa shape index (κ2) is 9.07. The first kappa shape index (κ1) is 21.8. The number of aromatic nitrogens is 2. The van der Waals surface area contributed by atoms with Gasteiger partial charge < -0.3 is 19.5 Å². The summed E-state index contributed by atoms with van der Waals surface area (Å²) in [6, 6.07) is 11.5. The summed E-state index contributed by atoms with van der Waals surface area (Å²) in [5, 5.41) is 0.499. The summed E-state index contributed by atoms with van der Waals surface area (Å²) in [6.45, 7) is 3.61. The molecule has 2 aliphatic heterocycles. The summed E-state index contributed by atoms with van der Waals surface area (Å²) in [6.07, 6.45) is 1.92. The molecule has 0 radical (unpaired) electrons. The number of benzene rings is 2. The van der Waals surface area contributed by atoms with Gasteiger partial charge in [0.15, 0.2) is 4.77 Å². The number of carbonyl (C=O) groups is 1. The van der Waals surface area contributed by atoms with Crippen LogP contribution in [0.4, 0.5) is 10.1 Å². The first-order valence-electron chi connectivity index (χ1n) is 11.2. The average Bonchev–Trinajstić information content (AvgIpc) is 3.35. The molecule has 0 bridgehead atoms. The van der Waals surface area contributed by atoms with E-state index in [9.17, 15) is 14.0 Å². The van der Waals surface area contributed by atoms with Gasteiger partial charge in [-0.25, -0.2) is 4.39 Å². The summed E-state index contributed by atoms with van der Waals surface area (Å²) in [4.78, 5) is 33.2. The number of aromatic amines is 1. The van der Waals surface area contributed by atoms with Crippen LogP contribution in [0.2, 0.25) is 0 Å². The zero-order valence-electron chi connectivity index (χ0n) is 18.1. The first-order chi connectivity index (χ1) is 16.0. The quantitative estimate of drug-likeness (QED) is 0.595. The fourth-order valence-corrected chi connectivity index (χ4v) is 4.81. The van der Waals surface area contributed by atoms with E-state index in [1.54, 1.807) is 39.8 Å². The first-order valence-corrected chi connectivity index (χ1v) is 11.6. The van der Waals surface area contributed by atoms with Crippen molar-refractivity contribution >= 4 is 34.7 Å². The van der Waals surface area contributed by atoms with Gasteiger partial charge in [0, 0.05) is 44.0 Å². The summed E-state index contributed by atoms with van der Waals surface area (Å²) in [5.74, 6) is -0.347. The van der Waals surface area contributed by atoms with Gasteiger partial charge in [0.2, 0.25) is 0 Å². The minimum atomic E-state index is -0.262. The maximum atomic E-state index is 13.2. The number of carbonyl (C=O) groups excluding carboxylic acids is 1. The van der Waals surface area contributed by atoms with E-state index < -0.39 is 0 Å². The van der Waals surface area contributed by atoms with Crippen molar-refractivity contribution in [1.82, 2.24) is 14.5 Å². The molecule has 2 fully saturated rings. The number of halogens is 1. The number of hydrogen-bond acceptors (Lipinski definition) is 5. The summed E-state index contributed by atoms with van der Waals surface area (Å²) < 4.78 is 20.7. The molecule has 7 nitrogen and oxygen atoms in total. The molecular formula is C24H25FN4O3S. The van der Waals surface area contributed by atoms with Crippen LogP contribution in [0, 0.1) is 10.6 Å². The van der Waals surface area contributed by atoms with Crippen molar-refractivity contribution in [1.29, 1.82) is 0 Å². The Morgan fingerprint density at radius 2 is 1.88 bits per heavy atom. The van der Waals surface area contributed by atoms with Crippen molar-refractivity contribution in [3.63, 3.8) is 0 Å². The number of fused-ring (bicyclic) bond motifs is 1. The van der Waals surface area contributed by atoms with Gasteiger partial charge >= 0.3 is 0 Å². The molecule has 2 aliphatic rings. The van der Waals surface area contributed by atoms with Crippen LogP contribution in [0.3, 0.4) is 0 Å². The van der Waals surface area contributed by atoms with Gasteiger partial charge in [0.1, 0.15) is 5.82 Å². The molecule has 9 heteroatoms. The second-order valence-corrected chi connectivity index (χ2v) is 8.88. The lowest BCUT2D eigenvalue weighted by molar-refractivity contribution is 0.0747. The highest BCUT2D eigenvalue weighted by Gasteiger charge is 2.23. The maximum absolute atomic E-state index is 13.2. The van der Waals surface area contributed by atoms with Crippen LogP contribution in [0.5, 0.6) is 0 Å². The third kappa shape index (κ3) is 4.43. The minimum absolute atomic E-state index is 0.00433. The highest BCUT2D eigenvalue weighted by atomic mass is 32.1. The normalized spacial score (nSPS) is 18.8. The number of anilines is 1. The van der Waals surface area contributed by atoms with E-state index in [1.165, 1.54) is 12.1 Å². The number of ether oxygens (including phenoxy) is 1. The zero-order valence-corrected chi connectivity index (χ0v) is 18.9. The van der Waals surface area contributed by atoms with Crippen molar-refractivity contribution in [2.75, 3.05) is 37.7 Å². The summed E-state index contributed by atoms with van der Waals surface area (Å²) >= 11 is 5.43. The van der Waals surface area contributed by atoms with Crippen LogP contribution < -0.4 is 10.5 Å². The Balaban J connectivity index is 1.32. The smallest absolute Gasteiger partial charge is 0.262 e. The third-order valence-corrected chi connectivity index (χ3v) is 6.72. The van der Waals surface area contributed by atoms with Crippen molar-refractivity contribution in [2.24, 2.45) is 0 Å². The van der Waals surface area contributed by atoms with E-state index in [2.05, 4.69) is 9.88 Å². The molecular weight excluding hydrogens is 443 g/mol. The average molecular weight is 469 g/mol. The Morgan fingerprint density at radius 3 is 2.58 bits per heavy atom. The molecule has 3 heterocycles. The number of nitrogens with zero attached hydrogens (tertiary/aromatic N) is 3. The van der Waals surface area contributed by atoms with Gasteiger partial charge in [-0.2, -0.15) is 0 Å². The number of hydrogen-bond donors (Lipinski definition) is 1. The van der Waals surface area contributed by atoms with E-state index in [-0.39, 0.29) is 23.4 Å². The molecule has 2 aromatic carbocycles. The topological polar surface area (TPSA) is 70.6 Å². The largest absolute Gasteiger partial charge is 0.376 e. The number of piperazine rings is 1. The Kier molecular flexibility index (Phi) is 5.99. The predicted molar refractivity (Wildman–Crippen MR) is 127 cm³/mol. The molecule has 0 spiro atoms. The Hall–Kier alpha value is -3.04. The van der Waals surface area contributed by atoms with E-state index in [4.69, 9.17) is 17.0 Å². The molecule has 0 saturated carbocycles.